The fourth-order valence-electron chi connectivity index (χ4n) is 3.56. The van der Waals surface area contributed by atoms with Crippen LogP contribution in [0.1, 0.15) is 30.2 Å². The number of hydrogen-bond donors (Lipinski definition) is 1. The first-order valence-corrected chi connectivity index (χ1v) is 9.21. The van der Waals surface area contributed by atoms with Crippen LogP contribution in [0.25, 0.3) is 11.0 Å². The molecule has 1 atom stereocenters. The summed E-state index contributed by atoms with van der Waals surface area (Å²) in [6, 6.07) is 10.5. The van der Waals surface area contributed by atoms with Crippen molar-refractivity contribution in [3.05, 3.63) is 63.8 Å². The second-order valence-electron chi connectivity index (χ2n) is 7.23. The van der Waals surface area contributed by atoms with Crippen molar-refractivity contribution >= 4 is 22.6 Å². The number of nitrogens with zero attached hydrogens (tertiary/aromatic N) is 4. The molecule has 0 unspecified atom stereocenters. The Morgan fingerprint density at radius 3 is 3.07 bits per heavy atom. The van der Waals surface area contributed by atoms with Gasteiger partial charge in [0.2, 0.25) is 5.91 Å². The van der Waals surface area contributed by atoms with E-state index in [0.29, 0.717) is 28.2 Å². The van der Waals surface area contributed by atoms with Crippen molar-refractivity contribution in [3.8, 4) is 6.07 Å². The maximum atomic E-state index is 12.8. The number of benzene rings is 1. The Hall–Kier alpha value is -3.53. The van der Waals surface area contributed by atoms with Crippen LogP contribution in [0.4, 0.5) is 5.69 Å². The number of fused-ring (bicyclic) bond motifs is 2. The van der Waals surface area contributed by atoms with Crippen molar-refractivity contribution in [1.29, 1.82) is 5.26 Å². The largest absolute Gasteiger partial charge is 0.324 e. The number of nitriles is 1. The van der Waals surface area contributed by atoms with E-state index in [2.05, 4.69) is 22.2 Å². The summed E-state index contributed by atoms with van der Waals surface area (Å²) in [5.41, 5.74) is 3.23. The molecular weight excluding hydrogens is 354 g/mol. The maximum Gasteiger partial charge on any atom is 0.263 e. The van der Waals surface area contributed by atoms with E-state index in [0.717, 1.165) is 30.5 Å². The molecule has 2 heterocycles. The number of hydrogen-bond acceptors (Lipinski definition) is 5. The quantitative estimate of drug-likeness (QED) is 0.760. The Balaban J connectivity index is 1.60. The summed E-state index contributed by atoms with van der Waals surface area (Å²) < 4.78 is 1.28. The fraction of sp³-hybridized carbons (Fsp3) is 0.286. The summed E-state index contributed by atoms with van der Waals surface area (Å²) >= 11 is 0. The van der Waals surface area contributed by atoms with Crippen LogP contribution >= 0.6 is 0 Å². The first-order valence-electron chi connectivity index (χ1n) is 9.21. The Morgan fingerprint density at radius 1 is 1.39 bits per heavy atom. The molecule has 1 aromatic carbocycles. The molecule has 7 heteroatoms. The van der Waals surface area contributed by atoms with Gasteiger partial charge in [-0.1, -0.05) is 13.0 Å². The number of amides is 1. The molecule has 1 amide bonds. The molecule has 0 saturated heterocycles. The van der Waals surface area contributed by atoms with Gasteiger partial charge in [0.1, 0.15) is 12.9 Å². The van der Waals surface area contributed by atoms with Crippen LogP contribution in [0.2, 0.25) is 0 Å². The zero-order valence-electron chi connectivity index (χ0n) is 15.5. The van der Waals surface area contributed by atoms with Gasteiger partial charge in [0, 0.05) is 11.4 Å². The number of pyridine rings is 1. The van der Waals surface area contributed by atoms with Crippen LogP contribution in [0.15, 0.2) is 41.5 Å². The monoisotopic (exact) mass is 373 g/mol. The average molecular weight is 373 g/mol. The second-order valence-corrected chi connectivity index (χ2v) is 7.23. The van der Waals surface area contributed by atoms with E-state index in [9.17, 15) is 9.59 Å². The van der Waals surface area contributed by atoms with Crippen molar-refractivity contribution in [2.24, 2.45) is 5.92 Å². The predicted molar refractivity (Wildman–Crippen MR) is 105 cm³/mol. The molecule has 4 rings (SSSR count). The molecule has 3 aromatic rings. The molecule has 0 aliphatic heterocycles. The number of nitrogens with one attached hydrogen (secondary N) is 1. The molecule has 0 radical (unpaired) electrons. The summed E-state index contributed by atoms with van der Waals surface area (Å²) in [5, 5.41) is 12.1. The van der Waals surface area contributed by atoms with Crippen LogP contribution < -0.4 is 10.9 Å². The van der Waals surface area contributed by atoms with Gasteiger partial charge >= 0.3 is 0 Å². The zero-order chi connectivity index (χ0) is 19.7. The predicted octanol–water partition coefficient (Wildman–Crippen LogP) is 2.43. The van der Waals surface area contributed by atoms with Gasteiger partial charge in [0.25, 0.3) is 5.56 Å². The highest BCUT2D eigenvalue weighted by molar-refractivity contribution is 5.90. The van der Waals surface area contributed by atoms with Gasteiger partial charge < -0.3 is 5.32 Å². The van der Waals surface area contributed by atoms with Gasteiger partial charge in [-0.2, -0.15) is 5.26 Å². The van der Waals surface area contributed by atoms with Gasteiger partial charge in [0.15, 0.2) is 5.65 Å². The Bertz CT molecular complexity index is 1180. The molecule has 0 saturated carbocycles. The number of carbonyl (C=O) groups excluding carboxylic acids is 1. The number of rotatable bonds is 3. The standard InChI is InChI=1S/C21H19N5O2/c1-13-5-6-18-15(7-13)9-17-20(25-18)23-12-26(21(17)28)11-19(27)24-16-4-2-3-14(8-16)10-22/h2-4,8-9,12-13H,5-7,11H2,1H3,(H,24,27)/t13-/m0/s1. The van der Waals surface area contributed by atoms with Gasteiger partial charge in [-0.05, 0) is 55.0 Å². The van der Waals surface area contributed by atoms with Crippen molar-refractivity contribution in [2.75, 3.05) is 5.32 Å². The minimum Gasteiger partial charge on any atom is -0.324 e. The zero-order valence-corrected chi connectivity index (χ0v) is 15.5. The van der Waals surface area contributed by atoms with E-state index < -0.39 is 0 Å². The van der Waals surface area contributed by atoms with E-state index in [-0.39, 0.29) is 18.0 Å². The minimum absolute atomic E-state index is 0.161. The minimum atomic E-state index is -0.363. The molecule has 0 bridgehead atoms. The third kappa shape index (κ3) is 3.49. The number of aryl methyl sites for hydroxylation is 1. The molecule has 7 nitrogen and oxygen atoms in total. The lowest BCUT2D eigenvalue weighted by atomic mass is 9.87. The molecule has 1 aliphatic rings. The summed E-state index contributed by atoms with van der Waals surface area (Å²) in [4.78, 5) is 34.0. The van der Waals surface area contributed by atoms with Crippen molar-refractivity contribution in [3.63, 3.8) is 0 Å². The fourth-order valence-corrected chi connectivity index (χ4v) is 3.56. The smallest absolute Gasteiger partial charge is 0.263 e. The van der Waals surface area contributed by atoms with E-state index in [4.69, 9.17) is 5.26 Å². The summed E-state index contributed by atoms with van der Waals surface area (Å²) in [7, 11) is 0. The molecule has 0 spiro atoms. The highest BCUT2D eigenvalue weighted by Crippen LogP contribution is 2.25. The molecule has 0 fully saturated rings. The number of aromatic nitrogens is 3. The highest BCUT2D eigenvalue weighted by Gasteiger charge is 2.19. The third-order valence-electron chi connectivity index (χ3n) is 5.01. The van der Waals surface area contributed by atoms with E-state index in [1.165, 1.54) is 10.9 Å². The van der Waals surface area contributed by atoms with Crippen molar-refractivity contribution in [1.82, 2.24) is 14.5 Å². The Labute approximate surface area is 161 Å². The maximum absolute atomic E-state index is 12.8. The molecule has 140 valence electrons. The second kappa shape index (κ2) is 7.24. The van der Waals surface area contributed by atoms with Crippen molar-refractivity contribution < 1.29 is 4.79 Å². The summed E-state index contributed by atoms with van der Waals surface area (Å²) in [5.74, 6) is 0.207. The van der Waals surface area contributed by atoms with Gasteiger partial charge in [0.05, 0.1) is 17.0 Å². The van der Waals surface area contributed by atoms with E-state index in [1.54, 1.807) is 24.3 Å². The third-order valence-corrected chi connectivity index (χ3v) is 5.01. The summed E-state index contributed by atoms with van der Waals surface area (Å²) in [6.45, 7) is 2.03. The highest BCUT2D eigenvalue weighted by atomic mass is 16.2. The molecule has 1 N–H and O–H groups in total. The van der Waals surface area contributed by atoms with Crippen LogP contribution in [0.5, 0.6) is 0 Å². The van der Waals surface area contributed by atoms with Gasteiger partial charge in [-0.15, -0.1) is 0 Å². The number of carbonyl (C=O) groups is 1. The van der Waals surface area contributed by atoms with Gasteiger partial charge in [-0.3, -0.25) is 14.2 Å². The average Bonchev–Trinajstić information content (AvgIpc) is 2.69. The van der Waals surface area contributed by atoms with Crippen LogP contribution in [-0.2, 0) is 24.2 Å². The first-order chi connectivity index (χ1) is 13.5. The van der Waals surface area contributed by atoms with Crippen LogP contribution in [0, 0.1) is 17.2 Å². The van der Waals surface area contributed by atoms with Crippen LogP contribution in [-0.4, -0.2) is 20.4 Å². The lowest BCUT2D eigenvalue weighted by Crippen LogP contribution is -2.28. The lowest BCUT2D eigenvalue weighted by Gasteiger charge is -2.20. The van der Waals surface area contributed by atoms with Crippen molar-refractivity contribution in [2.45, 2.75) is 32.7 Å². The first kappa shape index (κ1) is 17.9. The normalized spacial score (nSPS) is 15.6. The molecule has 28 heavy (non-hydrogen) atoms. The molecule has 2 aromatic heterocycles. The topological polar surface area (TPSA) is 101 Å². The summed E-state index contributed by atoms with van der Waals surface area (Å²) in [6.07, 6.45) is 4.26. The molecule has 1 aliphatic carbocycles. The lowest BCUT2D eigenvalue weighted by molar-refractivity contribution is -0.116. The molecular formula is C21H19N5O2. The van der Waals surface area contributed by atoms with Crippen LogP contribution in [0.3, 0.4) is 0 Å². The Kier molecular flexibility index (Phi) is 4.62. The number of anilines is 1. The van der Waals surface area contributed by atoms with Gasteiger partial charge in [-0.25, -0.2) is 9.97 Å². The van der Waals surface area contributed by atoms with E-state index >= 15 is 0 Å². The SMILES string of the molecule is C[C@H]1CCc2nc3ncn(CC(=O)Nc4cccc(C#N)c4)c(=O)c3cc2C1. The Morgan fingerprint density at radius 2 is 2.25 bits per heavy atom. The van der Waals surface area contributed by atoms with E-state index in [1.807, 2.05) is 12.1 Å².